The molecule has 1 aliphatic heterocycles. The third-order valence-electron chi connectivity index (χ3n) is 4.30. The van der Waals surface area contributed by atoms with Crippen LogP contribution in [-0.2, 0) is 26.0 Å². The van der Waals surface area contributed by atoms with Gasteiger partial charge < -0.3 is 15.4 Å². The van der Waals surface area contributed by atoms with Crippen LogP contribution in [-0.4, -0.2) is 51.3 Å². The quantitative estimate of drug-likeness (QED) is 0.685. The van der Waals surface area contributed by atoms with Crippen molar-refractivity contribution in [1.29, 1.82) is 0 Å². The number of carbonyl (C=O) groups excluding carboxylic acids is 2. The number of nitrogens with zero attached hydrogens (tertiary/aromatic N) is 1. The second kappa shape index (κ2) is 8.81. The Morgan fingerprint density at radius 3 is 2.72 bits per heavy atom. The first kappa shape index (κ1) is 21.1. The number of fused-ring (bicyclic) bond motifs is 1. The molecule has 1 heterocycles. The third-order valence-corrected chi connectivity index (χ3v) is 6.57. The van der Waals surface area contributed by atoms with Crippen LogP contribution in [0.1, 0.15) is 5.56 Å². The molecule has 0 atom stereocenters. The van der Waals surface area contributed by atoms with Crippen LogP contribution in [0.2, 0.25) is 5.02 Å². The summed E-state index contributed by atoms with van der Waals surface area (Å²) in [6.45, 7) is -0.181. The van der Waals surface area contributed by atoms with Crippen molar-refractivity contribution in [2.24, 2.45) is 0 Å². The summed E-state index contributed by atoms with van der Waals surface area (Å²) in [5.41, 5.74) is 1.37. The molecule has 0 saturated heterocycles. The zero-order valence-electron chi connectivity index (χ0n) is 15.6. The Labute approximate surface area is 173 Å². The van der Waals surface area contributed by atoms with Gasteiger partial charge in [-0.3, -0.25) is 9.59 Å². The molecular formula is C19H20ClN3O5S. The highest BCUT2D eigenvalue weighted by molar-refractivity contribution is 7.89. The predicted octanol–water partition coefficient (Wildman–Crippen LogP) is 1.65. The van der Waals surface area contributed by atoms with E-state index in [4.69, 9.17) is 16.3 Å². The van der Waals surface area contributed by atoms with Gasteiger partial charge in [-0.1, -0.05) is 41.9 Å². The summed E-state index contributed by atoms with van der Waals surface area (Å²) in [5, 5.41) is 5.18. The maximum Gasteiger partial charge on any atom is 0.262 e. The Hall–Kier alpha value is -2.62. The summed E-state index contributed by atoms with van der Waals surface area (Å²) in [6, 6.07) is 12.2. The minimum absolute atomic E-state index is 0.0779. The number of hydrogen-bond donors (Lipinski definition) is 2. The van der Waals surface area contributed by atoms with Crippen LogP contribution < -0.4 is 15.4 Å². The molecule has 0 aliphatic carbocycles. The number of amides is 2. The molecule has 2 aromatic rings. The molecule has 0 aromatic heterocycles. The number of carbonyl (C=O) groups is 2. The molecule has 1 aliphatic rings. The van der Waals surface area contributed by atoms with E-state index < -0.39 is 15.9 Å². The number of rotatable bonds is 7. The van der Waals surface area contributed by atoms with Crippen molar-refractivity contribution in [2.75, 3.05) is 32.1 Å². The number of hydrogen-bond acceptors (Lipinski definition) is 5. The van der Waals surface area contributed by atoms with Crippen LogP contribution in [0.25, 0.3) is 0 Å². The molecule has 0 spiro atoms. The average molecular weight is 438 g/mol. The van der Waals surface area contributed by atoms with Gasteiger partial charge in [-0.15, -0.1) is 0 Å². The van der Waals surface area contributed by atoms with Gasteiger partial charge in [0.2, 0.25) is 15.9 Å². The number of benzene rings is 2. The van der Waals surface area contributed by atoms with Gasteiger partial charge in [0, 0.05) is 19.7 Å². The normalized spacial score (nSPS) is 13.4. The number of halogens is 1. The summed E-state index contributed by atoms with van der Waals surface area (Å²) in [7, 11) is -2.74. The number of likely N-dealkylation sites (N-methyl/N-ethyl adjacent to an activating group) is 1. The fourth-order valence-electron chi connectivity index (χ4n) is 2.78. The highest BCUT2D eigenvalue weighted by atomic mass is 35.5. The molecule has 0 unspecified atom stereocenters. The van der Waals surface area contributed by atoms with E-state index in [9.17, 15) is 18.0 Å². The topological polar surface area (TPSA) is 105 Å². The van der Waals surface area contributed by atoms with E-state index in [1.807, 2.05) is 30.3 Å². The number of anilines is 1. The summed E-state index contributed by atoms with van der Waals surface area (Å²) in [6.07, 6.45) is 0.642. The van der Waals surface area contributed by atoms with E-state index in [-0.39, 0.29) is 34.7 Å². The van der Waals surface area contributed by atoms with Crippen molar-refractivity contribution >= 4 is 39.1 Å². The van der Waals surface area contributed by atoms with Crippen LogP contribution >= 0.6 is 11.6 Å². The van der Waals surface area contributed by atoms with E-state index in [2.05, 4.69) is 10.6 Å². The molecule has 2 amide bonds. The zero-order chi connectivity index (χ0) is 21.0. The maximum atomic E-state index is 12.9. The lowest BCUT2D eigenvalue weighted by molar-refractivity contribution is -0.121. The lowest BCUT2D eigenvalue weighted by atomic mass is 10.1. The van der Waals surface area contributed by atoms with Crippen LogP contribution in [0.4, 0.5) is 5.69 Å². The van der Waals surface area contributed by atoms with E-state index in [0.717, 1.165) is 9.87 Å². The van der Waals surface area contributed by atoms with Gasteiger partial charge in [0.25, 0.3) is 5.91 Å². The van der Waals surface area contributed by atoms with Gasteiger partial charge in [0.15, 0.2) is 6.61 Å². The Morgan fingerprint density at radius 1 is 1.28 bits per heavy atom. The van der Waals surface area contributed by atoms with Crippen LogP contribution in [0, 0.1) is 0 Å². The van der Waals surface area contributed by atoms with Crippen molar-refractivity contribution in [1.82, 2.24) is 9.62 Å². The van der Waals surface area contributed by atoms with Gasteiger partial charge in [0.05, 0.1) is 17.3 Å². The van der Waals surface area contributed by atoms with Crippen LogP contribution in [0.3, 0.4) is 0 Å². The predicted molar refractivity (Wildman–Crippen MR) is 109 cm³/mol. The monoisotopic (exact) mass is 437 g/mol. The highest BCUT2D eigenvalue weighted by Gasteiger charge is 2.28. The Bertz CT molecular complexity index is 1030. The van der Waals surface area contributed by atoms with Gasteiger partial charge >= 0.3 is 0 Å². The molecule has 3 rings (SSSR count). The van der Waals surface area contributed by atoms with Crippen molar-refractivity contribution in [3.05, 3.63) is 53.1 Å². The maximum absolute atomic E-state index is 12.9. The number of ether oxygens (including phenoxy) is 1. The van der Waals surface area contributed by atoms with Gasteiger partial charge in [-0.2, -0.15) is 4.31 Å². The van der Waals surface area contributed by atoms with Crippen molar-refractivity contribution in [3.63, 3.8) is 0 Å². The van der Waals surface area contributed by atoms with E-state index in [1.54, 1.807) is 0 Å². The largest absolute Gasteiger partial charge is 0.482 e. The molecule has 0 bridgehead atoms. The first-order valence-corrected chi connectivity index (χ1v) is 10.6. The number of nitrogens with one attached hydrogen (secondary N) is 2. The minimum Gasteiger partial charge on any atom is -0.482 e. The van der Waals surface area contributed by atoms with Crippen molar-refractivity contribution in [3.8, 4) is 5.75 Å². The summed E-state index contributed by atoms with van der Waals surface area (Å²) in [4.78, 5) is 23.3. The molecule has 2 aromatic carbocycles. The van der Waals surface area contributed by atoms with Gasteiger partial charge in [0.1, 0.15) is 10.6 Å². The third kappa shape index (κ3) is 5.06. The molecule has 8 nitrogen and oxygen atoms in total. The molecule has 29 heavy (non-hydrogen) atoms. The highest BCUT2D eigenvalue weighted by Crippen LogP contribution is 2.36. The minimum atomic E-state index is -4.04. The summed E-state index contributed by atoms with van der Waals surface area (Å²) < 4.78 is 31.9. The van der Waals surface area contributed by atoms with E-state index in [1.165, 1.54) is 19.2 Å². The van der Waals surface area contributed by atoms with E-state index >= 15 is 0 Å². The summed E-state index contributed by atoms with van der Waals surface area (Å²) in [5.74, 6) is -0.577. The first-order valence-electron chi connectivity index (χ1n) is 8.80. The van der Waals surface area contributed by atoms with Gasteiger partial charge in [-0.25, -0.2) is 8.42 Å². The molecule has 0 radical (unpaired) electrons. The van der Waals surface area contributed by atoms with Gasteiger partial charge in [-0.05, 0) is 18.1 Å². The fourth-order valence-corrected chi connectivity index (χ4v) is 4.42. The zero-order valence-corrected chi connectivity index (χ0v) is 17.2. The standard InChI is InChI=1S/C19H20ClN3O5S/c1-23(11-18(24)21-8-7-13-5-3-2-4-6-13)29(26,27)17-10-16-15(9-14(17)20)22-19(25)12-28-16/h2-6,9-10H,7-8,11-12H2,1H3,(H,21,24)(H,22,25). The smallest absolute Gasteiger partial charge is 0.262 e. The molecular weight excluding hydrogens is 418 g/mol. The van der Waals surface area contributed by atoms with Crippen LogP contribution in [0.15, 0.2) is 47.4 Å². The Morgan fingerprint density at radius 2 is 2.00 bits per heavy atom. The second-order valence-corrected chi connectivity index (χ2v) is 8.88. The molecule has 10 heteroatoms. The lowest BCUT2D eigenvalue weighted by Crippen LogP contribution is -2.39. The van der Waals surface area contributed by atoms with Crippen molar-refractivity contribution in [2.45, 2.75) is 11.3 Å². The summed E-state index contributed by atoms with van der Waals surface area (Å²) >= 11 is 6.11. The molecule has 0 saturated carbocycles. The fraction of sp³-hybridized carbons (Fsp3) is 0.263. The molecule has 2 N–H and O–H groups in total. The molecule has 0 fully saturated rings. The first-order chi connectivity index (χ1) is 13.8. The Balaban J connectivity index is 1.64. The average Bonchev–Trinajstić information content (AvgIpc) is 2.68. The van der Waals surface area contributed by atoms with Crippen molar-refractivity contribution < 1.29 is 22.7 Å². The second-order valence-electron chi connectivity index (χ2n) is 6.46. The van der Waals surface area contributed by atoms with E-state index in [0.29, 0.717) is 18.7 Å². The van der Waals surface area contributed by atoms with Crippen LogP contribution in [0.5, 0.6) is 5.75 Å². The Kier molecular flexibility index (Phi) is 6.41. The SMILES string of the molecule is CN(CC(=O)NCCc1ccccc1)S(=O)(=O)c1cc2c(cc1Cl)NC(=O)CO2. The number of sulfonamides is 1. The lowest BCUT2D eigenvalue weighted by Gasteiger charge is -2.22. The molecule has 154 valence electrons.